The second kappa shape index (κ2) is 13.2. The third-order valence-electron chi connectivity index (χ3n) is 7.27. The van der Waals surface area contributed by atoms with Crippen molar-refractivity contribution in [1.82, 2.24) is 4.57 Å². The maximum Gasteiger partial charge on any atom is 0.348 e. The molecule has 0 atom stereocenters. The minimum Gasteiger partial charge on any atom is -0.462 e. The summed E-state index contributed by atoms with van der Waals surface area (Å²) >= 11 is 1.06. The summed E-state index contributed by atoms with van der Waals surface area (Å²) in [6.45, 7) is 5.61. The maximum absolute atomic E-state index is 13.6. The van der Waals surface area contributed by atoms with Gasteiger partial charge < -0.3 is 9.30 Å². The molecular weight excluding hydrogens is 566 g/mol. The molecule has 5 aromatic rings. The van der Waals surface area contributed by atoms with Crippen molar-refractivity contribution in [1.29, 1.82) is 10.5 Å². The van der Waals surface area contributed by atoms with Gasteiger partial charge in [-0.3, -0.25) is 4.79 Å². The van der Waals surface area contributed by atoms with E-state index in [0.29, 0.717) is 20.9 Å². The Morgan fingerprint density at radius 2 is 1.55 bits per heavy atom. The number of aromatic nitrogens is 1. The van der Waals surface area contributed by atoms with E-state index >= 15 is 0 Å². The zero-order chi connectivity index (χ0) is 31.2. The molecule has 0 spiro atoms. The third kappa shape index (κ3) is 6.01. The van der Waals surface area contributed by atoms with Gasteiger partial charge in [0.05, 0.1) is 29.1 Å². The summed E-state index contributed by atoms with van der Waals surface area (Å²) in [6.07, 6.45) is 1.44. The predicted molar refractivity (Wildman–Crippen MR) is 173 cm³/mol. The maximum atomic E-state index is 13.6. The van der Waals surface area contributed by atoms with Gasteiger partial charge in [-0.05, 0) is 61.7 Å². The van der Waals surface area contributed by atoms with Gasteiger partial charge in [0.25, 0.3) is 0 Å². The summed E-state index contributed by atoms with van der Waals surface area (Å²) in [5.74, 6) is -0.969. The van der Waals surface area contributed by atoms with E-state index < -0.39 is 11.8 Å². The molecule has 0 fully saturated rings. The molecule has 0 bridgehead atoms. The summed E-state index contributed by atoms with van der Waals surface area (Å²) in [4.78, 5) is 26.8. The Labute approximate surface area is 260 Å². The number of aryl methyl sites for hydroxylation is 1. The molecule has 7 heteroatoms. The summed E-state index contributed by atoms with van der Waals surface area (Å²) in [5.41, 5.74) is 7.13. The second-order valence-electron chi connectivity index (χ2n) is 10.2. The lowest BCUT2D eigenvalue weighted by atomic mass is 10.0. The van der Waals surface area contributed by atoms with Crippen molar-refractivity contribution in [3.05, 3.63) is 129 Å². The van der Waals surface area contributed by atoms with E-state index in [1.54, 1.807) is 19.9 Å². The Hall–Kier alpha value is -5.50. The minimum absolute atomic E-state index is 0.0459. The van der Waals surface area contributed by atoms with E-state index in [0.717, 1.165) is 45.1 Å². The fraction of sp³-hybridized carbons (Fsp3) is 0.135. The van der Waals surface area contributed by atoms with Gasteiger partial charge in [-0.1, -0.05) is 78.4 Å². The van der Waals surface area contributed by atoms with Crippen LogP contribution in [0.25, 0.3) is 34.3 Å². The molecule has 0 saturated heterocycles. The van der Waals surface area contributed by atoms with Gasteiger partial charge in [0.1, 0.15) is 17.0 Å². The van der Waals surface area contributed by atoms with Gasteiger partial charge in [-0.15, -0.1) is 11.3 Å². The van der Waals surface area contributed by atoms with Crippen LogP contribution in [0.3, 0.4) is 0 Å². The highest BCUT2D eigenvalue weighted by Crippen LogP contribution is 2.37. The molecule has 0 N–H and O–H groups in total. The first-order chi connectivity index (χ1) is 21.4. The number of Topliss-reactive ketones (excluding diaryl/α,β-unsaturated/α-hetero) is 1. The average molecular weight is 596 g/mol. The molecular formula is C37H29N3O3S. The number of nitrogens with zero attached hydrogens (tertiary/aromatic N) is 3. The molecule has 0 aliphatic rings. The number of ketones is 1. The first kappa shape index (κ1) is 30.0. The summed E-state index contributed by atoms with van der Waals surface area (Å²) in [7, 11) is 0. The second-order valence-corrected chi connectivity index (χ2v) is 11.3. The van der Waals surface area contributed by atoms with Crippen molar-refractivity contribution in [2.45, 2.75) is 27.2 Å². The topological polar surface area (TPSA) is 95.9 Å². The van der Waals surface area contributed by atoms with Gasteiger partial charge in [0.2, 0.25) is 0 Å². The van der Waals surface area contributed by atoms with Crippen LogP contribution in [-0.2, 0) is 16.0 Å². The van der Waals surface area contributed by atoms with E-state index in [1.165, 1.54) is 0 Å². The molecule has 2 heterocycles. The number of hydrogen-bond acceptors (Lipinski definition) is 6. The fourth-order valence-corrected chi connectivity index (χ4v) is 6.27. The molecule has 0 unspecified atom stereocenters. The van der Waals surface area contributed by atoms with Crippen LogP contribution < -0.4 is 0 Å². The van der Waals surface area contributed by atoms with Gasteiger partial charge in [0, 0.05) is 22.5 Å². The molecule has 6 nitrogen and oxygen atoms in total. The highest BCUT2D eigenvalue weighted by molar-refractivity contribution is 7.14. The van der Waals surface area contributed by atoms with Crippen molar-refractivity contribution in [3.63, 3.8) is 0 Å². The number of rotatable bonds is 9. The number of thiophene rings is 1. The number of allylic oxidation sites excluding steroid dienone is 1. The van der Waals surface area contributed by atoms with Crippen molar-refractivity contribution in [2.75, 3.05) is 6.61 Å². The van der Waals surface area contributed by atoms with Crippen molar-refractivity contribution in [3.8, 4) is 40.3 Å². The lowest BCUT2D eigenvalue weighted by Crippen LogP contribution is -2.05. The molecule has 3 aromatic carbocycles. The number of carbonyl (C=O) groups is 2. The van der Waals surface area contributed by atoms with E-state index in [4.69, 9.17) is 4.74 Å². The number of hydrogen-bond donors (Lipinski definition) is 0. The van der Waals surface area contributed by atoms with Gasteiger partial charge in [0.15, 0.2) is 5.78 Å². The Morgan fingerprint density at radius 1 is 0.909 bits per heavy atom. The summed E-state index contributed by atoms with van der Waals surface area (Å²) in [6, 6.07) is 34.3. The lowest BCUT2D eigenvalue weighted by molar-refractivity contribution is -0.114. The van der Waals surface area contributed by atoms with Crippen LogP contribution in [0.4, 0.5) is 0 Å². The zero-order valence-corrected chi connectivity index (χ0v) is 25.4. The van der Waals surface area contributed by atoms with E-state index in [-0.39, 0.29) is 24.2 Å². The van der Waals surface area contributed by atoms with Gasteiger partial charge >= 0.3 is 5.97 Å². The Morgan fingerprint density at radius 3 is 2.14 bits per heavy atom. The zero-order valence-electron chi connectivity index (χ0n) is 24.6. The first-order valence-corrected chi connectivity index (χ1v) is 15.0. The molecule has 0 aliphatic carbocycles. The molecule has 2 aromatic heterocycles. The van der Waals surface area contributed by atoms with Crippen LogP contribution in [0.5, 0.6) is 0 Å². The highest BCUT2D eigenvalue weighted by Gasteiger charge is 2.25. The Kier molecular flexibility index (Phi) is 9.00. The van der Waals surface area contributed by atoms with Gasteiger partial charge in [-0.2, -0.15) is 10.5 Å². The molecule has 44 heavy (non-hydrogen) atoms. The number of benzene rings is 3. The largest absolute Gasteiger partial charge is 0.462 e. The van der Waals surface area contributed by atoms with Crippen LogP contribution >= 0.6 is 11.3 Å². The smallest absolute Gasteiger partial charge is 0.348 e. The summed E-state index contributed by atoms with van der Waals surface area (Å²) in [5, 5.41) is 20.0. The predicted octanol–water partition coefficient (Wildman–Crippen LogP) is 8.26. The Balaban J connectivity index is 1.66. The quantitative estimate of drug-likeness (QED) is 0.0971. The van der Waals surface area contributed by atoms with Gasteiger partial charge in [-0.25, -0.2) is 4.79 Å². The number of ether oxygens (including phenoxy) is 1. The van der Waals surface area contributed by atoms with Crippen LogP contribution in [0, 0.1) is 36.5 Å². The monoisotopic (exact) mass is 595 g/mol. The lowest BCUT2D eigenvalue weighted by Gasteiger charge is -2.15. The average Bonchev–Trinajstić information content (AvgIpc) is 3.58. The molecule has 5 rings (SSSR count). The normalized spacial score (nSPS) is 11.1. The fourth-order valence-electron chi connectivity index (χ4n) is 5.12. The van der Waals surface area contributed by atoms with E-state index in [2.05, 4.69) is 41.0 Å². The number of esters is 1. The molecule has 0 saturated carbocycles. The highest BCUT2D eigenvalue weighted by atomic mass is 32.1. The van der Waals surface area contributed by atoms with E-state index in [9.17, 15) is 20.1 Å². The van der Waals surface area contributed by atoms with Crippen LogP contribution in [0.15, 0.2) is 96.6 Å². The van der Waals surface area contributed by atoms with Crippen LogP contribution in [-0.4, -0.2) is 22.9 Å². The Bertz CT molecular complexity index is 1950. The number of carbonyl (C=O) groups excluding carboxylic acids is 2. The number of nitriles is 2. The third-order valence-corrected chi connectivity index (χ3v) is 8.55. The van der Waals surface area contributed by atoms with Crippen molar-refractivity contribution in [2.24, 2.45) is 0 Å². The first-order valence-electron chi connectivity index (χ1n) is 14.1. The van der Waals surface area contributed by atoms with E-state index in [1.807, 2.05) is 73.7 Å². The summed E-state index contributed by atoms with van der Waals surface area (Å²) < 4.78 is 7.28. The molecule has 0 aliphatic heterocycles. The molecule has 0 amide bonds. The minimum atomic E-state index is -0.528. The SMILES string of the molecule is CCOC(=O)c1sc(CC(=O)/C(C#N)=C/c2cc(-c3ccccc3)n(-c3ccc(C)cc3)c2-c2ccccc2)c(C#N)c1C. The van der Waals surface area contributed by atoms with Crippen LogP contribution in [0.2, 0.25) is 0 Å². The van der Waals surface area contributed by atoms with Crippen LogP contribution in [0.1, 0.15) is 43.7 Å². The molecule has 0 radical (unpaired) electrons. The standard InChI is InChI=1S/C37H29N3O3S/c1-4-43-37(42)36-25(3)31(23-39)34(44-36)21-33(41)29(22-38)19-28-20-32(26-11-7-5-8-12-26)40(30-17-15-24(2)16-18-30)35(28)27-13-9-6-10-14-27/h5-20H,4,21H2,1-3H3/b29-19+. The van der Waals surface area contributed by atoms with Crippen molar-refractivity contribution >= 4 is 29.2 Å². The van der Waals surface area contributed by atoms with Crippen molar-refractivity contribution < 1.29 is 14.3 Å². The molecule has 216 valence electrons.